The third-order valence-electron chi connectivity index (χ3n) is 6.71. The number of hydrogen-bond acceptors (Lipinski definition) is 1. The van der Waals surface area contributed by atoms with E-state index >= 15 is 0 Å². The topological polar surface area (TPSA) is 37.3 Å². The number of rotatable bonds is 7. The first kappa shape index (κ1) is 19.3. The molecule has 0 aliphatic heterocycles. The van der Waals surface area contributed by atoms with Crippen LogP contribution in [0.3, 0.4) is 0 Å². The average molecular weight is 333 g/mol. The number of carboxylic acids is 1. The number of hydrogen-bond donors (Lipinski definition) is 1. The Bertz CT molecular complexity index is 488. The Kier molecular flexibility index (Phi) is 6.71. The van der Waals surface area contributed by atoms with Gasteiger partial charge in [0.2, 0.25) is 0 Å². The summed E-state index contributed by atoms with van der Waals surface area (Å²) in [5.74, 6) is 2.28. The predicted molar refractivity (Wildman–Crippen MR) is 101 cm³/mol. The van der Waals surface area contributed by atoms with Crippen LogP contribution in [0.15, 0.2) is 23.8 Å². The van der Waals surface area contributed by atoms with Crippen molar-refractivity contribution in [2.75, 3.05) is 0 Å². The van der Waals surface area contributed by atoms with Gasteiger partial charge in [-0.3, -0.25) is 0 Å². The minimum Gasteiger partial charge on any atom is -0.478 e. The van der Waals surface area contributed by atoms with E-state index in [2.05, 4.69) is 33.8 Å². The van der Waals surface area contributed by atoms with Crippen molar-refractivity contribution in [3.05, 3.63) is 23.8 Å². The fourth-order valence-electron chi connectivity index (χ4n) is 5.52. The predicted octanol–water partition coefficient (Wildman–Crippen LogP) is 6.23. The molecule has 2 aliphatic rings. The van der Waals surface area contributed by atoms with Crippen molar-refractivity contribution in [1.82, 2.24) is 0 Å². The SMILES string of the molecule is CC(C)CCC[C@@H](C)[C@H]1CCC2/C(=C/C=C/C(=O)O)CCC[C@@]21C. The van der Waals surface area contributed by atoms with E-state index in [0.717, 1.165) is 24.2 Å². The lowest BCUT2D eigenvalue weighted by molar-refractivity contribution is -0.131. The summed E-state index contributed by atoms with van der Waals surface area (Å²) in [7, 11) is 0. The van der Waals surface area contributed by atoms with E-state index in [1.165, 1.54) is 56.6 Å². The third-order valence-corrected chi connectivity index (χ3v) is 6.71. The Hall–Kier alpha value is -1.05. The molecule has 1 unspecified atom stereocenters. The maximum Gasteiger partial charge on any atom is 0.328 e. The first-order chi connectivity index (χ1) is 11.3. The summed E-state index contributed by atoms with van der Waals surface area (Å²) in [6.45, 7) is 9.63. The molecule has 2 saturated carbocycles. The van der Waals surface area contributed by atoms with Gasteiger partial charge in [0.15, 0.2) is 0 Å². The second-order valence-electron chi connectivity index (χ2n) is 8.84. The summed E-state index contributed by atoms with van der Waals surface area (Å²) >= 11 is 0. The zero-order chi connectivity index (χ0) is 17.7. The van der Waals surface area contributed by atoms with E-state index in [1.807, 2.05) is 0 Å². The fraction of sp³-hybridized carbons (Fsp3) is 0.773. The second kappa shape index (κ2) is 8.36. The highest BCUT2D eigenvalue weighted by molar-refractivity contribution is 5.80. The lowest BCUT2D eigenvalue weighted by Gasteiger charge is -2.44. The molecule has 2 aliphatic carbocycles. The van der Waals surface area contributed by atoms with E-state index in [-0.39, 0.29) is 0 Å². The summed E-state index contributed by atoms with van der Waals surface area (Å²) in [6.07, 6.45) is 15.6. The highest BCUT2D eigenvalue weighted by atomic mass is 16.4. The van der Waals surface area contributed by atoms with E-state index < -0.39 is 5.97 Å². The molecule has 0 spiro atoms. The largest absolute Gasteiger partial charge is 0.478 e. The molecule has 0 aromatic carbocycles. The minimum absolute atomic E-state index is 0.429. The molecule has 0 bridgehead atoms. The van der Waals surface area contributed by atoms with E-state index in [0.29, 0.717) is 11.3 Å². The first-order valence-corrected chi connectivity index (χ1v) is 9.94. The van der Waals surface area contributed by atoms with Crippen LogP contribution in [0.5, 0.6) is 0 Å². The van der Waals surface area contributed by atoms with Crippen molar-refractivity contribution in [2.24, 2.45) is 29.1 Å². The maximum absolute atomic E-state index is 10.7. The standard InChI is InChI=1S/C22H36O2/c1-16(2)8-5-9-17(3)19-13-14-20-18(10-6-12-21(23)24)11-7-15-22(19,20)4/h6,10,12,16-17,19-20H,5,7-9,11,13-15H2,1-4H3,(H,23,24)/b12-6+,18-10+/t17-,19-,20?,22-/m1/s1. The number of fused-ring (bicyclic) bond motifs is 1. The van der Waals surface area contributed by atoms with Crippen LogP contribution in [0.2, 0.25) is 0 Å². The molecule has 0 aromatic heterocycles. The maximum atomic E-state index is 10.7. The molecule has 1 N–H and O–H groups in total. The zero-order valence-electron chi connectivity index (χ0n) is 16.1. The summed E-state index contributed by atoms with van der Waals surface area (Å²) in [6, 6.07) is 0. The molecule has 2 heteroatoms. The molecule has 0 aromatic rings. The summed E-state index contributed by atoms with van der Waals surface area (Å²) in [4.78, 5) is 10.7. The Labute approximate surface area is 148 Å². The van der Waals surface area contributed by atoms with Gasteiger partial charge in [-0.15, -0.1) is 0 Å². The van der Waals surface area contributed by atoms with Crippen LogP contribution in [0, 0.1) is 29.1 Å². The number of allylic oxidation sites excluding steroid dienone is 3. The molecule has 0 amide bonds. The molecular weight excluding hydrogens is 296 g/mol. The van der Waals surface area contributed by atoms with Crippen LogP contribution in [0.25, 0.3) is 0 Å². The average Bonchev–Trinajstić information content (AvgIpc) is 2.84. The summed E-state index contributed by atoms with van der Waals surface area (Å²) in [5, 5.41) is 8.80. The molecule has 2 fully saturated rings. The van der Waals surface area contributed by atoms with Crippen molar-refractivity contribution in [3.8, 4) is 0 Å². The Morgan fingerprint density at radius 2 is 2.04 bits per heavy atom. The molecule has 24 heavy (non-hydrogen) atoms. The highest BCUT2D eigenvalue weighted by Crippen LogP contribution is 2.59. The fourth-order valence-corrected chi connectivity index (χ4v) is 5.52. The second-order valence-corrected chi connectivity index (χ2v) is 8.84. The van der Waals surface area contributed by atoms with Gasteiger partial charge in [-0.1, -0.05) is 64.7 Å². The van der Waals surface area contributed by atoms with Crippen molar-refractivity contribution in [3.63, 3.8) is 0 Å². The zero-order valence-corrected chi connectivity index (χ0v) is 16.1. The molecule has 2 nitrogen and oxygen atoms in total. The van der Waals surface area contributed by atoms with E-state index in [9.17, 15) is 4.79 Å². The van der Waals surface area contributed by atoms with Crippen molar-refractivity contribution in [2.45, 2.75) is 79.1 Å². The van der Waals surface area contributed by atoms with E-state index in [4.69, 9.17) is 5.11 Å². The van der Waals surface area contributed by atoms with Gasteiger partial charge in [0.1, 0.15) is 0 Å². The molecule has 136 valence electrons. The van der Waals surface area contributed by atoms with Crippen LogP contribution in [0.1, 0.15) is 79.1 Å². The van der Waals surface area contributed by atoms with Gasteiger partial charge in [0, 0.05) is 6.08 Å². The summed E-state index contributed by atoms with van der Waals surface area (Å²) in [5.41, 5.74) is 1.93. The van der Waals surface area contributed by atoms with Gasteiger partial charge in [-0.05, 0) is 61.2 Å². The van der Waals surface area contributed by atoms with Gasteiger partial charge >= 0.3 is 5.97 Å². The van der Waals surface area contributed by atoms with Gasteiger partial charge in [0.05, 0.1) is 0 Å². The van der Waals surface area contributed by atoms with Crippen LogP contribution in [-0.2, 0) is 4.79 Å². The molecule has 2 rings (SSSR count). The quantitative estimate of drug-likeness (QED) is 0.561. The first-order valence-electron chi connectivity index (χ1n) is 9.94. The molecular formula is C22H36O2. The molecule has 4 atom stereocenters. The highest BCUT2D eigenvalue weighted by Gasteiger charge is 2.50. The molecule has 0 saturated heterocycles. The third kappa shape index (κ3) is 4.52. The van der Waals surface area contributed by atoms with Crippen LogP contribution in [0.4, 0.5) is 0 Å². The van der Waals surface area contributed by atoms with Gasteiger partial charge in [-0.25, -0.2) is 4.79 Å². The lowest BCUT2D eigenvalue weighted by Crippen LogP contribution is -2.36. The lowest BCUT2D eigenvalue weighted by atomic mass is 9.60. The Morgan fingerprint density at radius 1 is 1.29 bits per heavy atom. The van der Waals surface area contributed by atoms with Gasteiger partial charge in [-0.2, -0.15) is 0 Å². The van der Waals surface area contributed by atoms with Gasteiger partial charge in [0.25, 0.3) is 0 Å². The molecule has 0 heterocycles. The smallest absolute Gasteiger partial charge is 0.328 e. The number of aliphatic carboxylic acids is 1. The van der Waals surface area contributed by atoms with Gasteiger partial charge < -0.3 is 5.11 Å². The number of carboxylic acid groups (broad SMARTS) is 1. The van der Waals surface area contributed by atoms with Crippen molar-refractivity contribution >= 4 is 5.97 Å². The minimum atomic E-state index is -0.853. The van der Waals surface area contributed by atoms with Crippen LogP contribution >= 0.6 is 0 Å². The van der Waals surface area contributed by atoms with Crippen molar-refractivity contribution in [1.29, 1.82) is 0 Å². The summed E-state index contributed by atoms with van der Waals surface area (Å²) < 4.78 is 0. The van der Waals surface area contributed by atoms with Crippen molar-refractivity contribution < 1.29 is 9.90 Å². The molecule has 0 radical (unpaired) electrons. The normalized spacial score (nSPS) is 33.3. The Balaban J connectivity index is 2.04. The monoisotopic (exact) mass is 332 g/mol. The van der Waals surface area contributed by atoms with Crippen LogP contribution < -0.4 is 0 Å². The van der Waals surface area contributed by atoms with Crippen LogP contribution in [-0.4, -0.2) is 11.1 Å². The number of carbonyl (C=O) groups is 1. The van der Waals surface area contributed by atoms with E-state index in [1.54, 1.807) is 6.08 Å². The Morgan fingerprint density at radius 3 is 2.71 bits per heavy atom.